The van der Waals surface area contributed by atoms with Crippen molar-refractivity contribution in [3.63, 3.8) is 0 Å². The first-order valence-electron chi connectivity index (χ1n) is 9.63. The molecule has 0 fully saturated rings. The molecule has 1 aromatic heterocycles. The van der Waals surface area contributed by atoms with Crippen molar-refractivity contribution < 1.29 is 34.0 Å². The molecule has 0 saturated heterocycles. The van der Waals surface area contributed by atoms with E-state index in [-0.39, 0.29) is 11.4 Å². The maximum atomic E-state index is 13.2. The number of halogens is 1. The zero-order valence-electron chi connectivity index (χ0n) is 17.5. The standard InChI is InChI=1S/C23H19N2O2P.ClHO4/c1-17-24-22(26)21(23(27)25-17)28(18-11-5-2-6-12-18,19-13-7-3-8-14-19)20-15-9-4-10-16-20;2-1(3,4)5/h2-16H,1H3,(H-,24,25,26,27);(H,2,3,4,5)/p+1. The van der Waals surface area contributed by atoms with E-state index in [4.69, 9.17) is 18.6 Å². The molecule has 10 heteroatoms. The average Bonchev–Trinajstić information content (AvgIpc) is 2.77. The predicted molar refractivity (Wildman–Crippen MR) is 118 cm³/mol. The molecule has 0 aliphatic rings. The zero-order chi connectivity index (χ0) is 24.1. The Morgan fingerprint density at radius 1 is 0.788 bits per heavy atom. The second-order valence-electron chi connectivity index (χ2n) is 6.90. The Balaban J connectivity index is 0.000000555. The highest BCUT2D eigenvalue weighted by Crippen LogP contribution is 2.54. The number of aromatic nitrogens is 2. The predicted octanol–water partition coefficient (Wildman–Crippen LogP) is -1.72. The van der Waals surface area contributed by atoms with Gasteiger partial charge in [0.2, 0.25) is 5.30 Å². The Morgan fingerprint density at radius 2 is 1.12 bits per heavy atom. The molecular weight excluding hydrogens is 467 g/mol. The van der Waals surface area contributed by atoms with E-state index in [0.717, 1.165) is 15.9 Å². The molecule has 3 aromatic carbocycles. The van der Waals surface area contributed by atoms with Crippen molar-refractivity contribution >= 4 is 28.5 Å². The number of benzene rings is 3. The SMILES string of the molecule is Cc1nc(O)c([P+](c2ccccc2)(c2ccccc2)c2ccccc2)c(=O)[nH]1.[O-][Cl+3]([O-])([O-])O. The van der Waals surface area contributed by atoms with Crippen LogP contribution >= 0.6 is 7.26 Å². The second-order valence-corrected chi connectivity index (χ2v) is 11.0. The minimum absolute atomic E-state index is 0.217. The zero-order valence-corrected chi connectivity index (χ0v) is 19.1. The molecule has 33 heavy (non-hydrogen) atoms. The number of rotatable bonds is 4. The molecule has 0 aliphatic carbocycles. The fourth-order valence-electron chi connectivity index (χ4n) is 3.66. The smallest absolute Gasteiger partial charge is 0.298 e. The van der Waals surface area contributed by atoms with Gasteiger partial charge in [0, 0.05) is 0 Å². The van der Waals surface area contributed by atoms with Crippen LogP contribution in [0.5, 0.6) is 5.88 Å². The van der Waals surface area contributed by atoms with Crippen molar-refractivity contribution in [1.82, 2.24) is 9.97 Å². The van der Waals surface area contributed by atoms with Gasteiger partial charge in [0.25, 0.3) is 11.4 Å². The van der Waals surface area contributed by atoms with Crippen molar-refractivity contribution in [1.29, 1.82) is 0 Å². The fraction of sp³-hybridized carbons (Fsp3) is 0.0435. The Bertz CT molecular complexity index is 1150. The summed E-state index contributed by atoms with van der Waals surface area (Å²) in [5.41, 5.74) is -0.310. The lowest BCUT2D eigenvalue weighted by Gasteiger charge is -2.26. The lowest BCUT2D eigenvalue weighted by molar-refractivity contribution is -1.92. The van der Waals surface area contributed by atoms with E-state index in [1.54, 1.807) is 6.92 Å². The van der Waals surface area contributed by atoms with Crippen molar-refractivity contribution in [3.8, 4) is 5.88 Å². The lowest BCUT2D eigenvalue weighted by atomic mass is 10.4. The van der Waals surface area contributed by atoms with Gasteiger partial charge in [-0.3, -0.25) is 4.79 Å². The Morgan fingerprint density at radius 3 is 1.42 bits per heavy atom. The van der Waals surface area contributed by atoms with Crippen molar-refractivity contribution in [2.45, 2.75) is 6.92 Å². The van der Waals surface area contributed by atoms with Crippen LogP contribution in [0.1, 0.15) is 5.82 Å². The van der Waals surface area contributed by atoms with Crippen LogP contribution in [0.4, 0.5) is 0 Å². The molecule has 170 valence electrons. The van der Waals surface area contributed by atoms with Crippen LogP contribution in [0.2, 0.25) is 0 Å². The third kappa shape index (κ3) is 5.64. The van der Waals surface area contributed by atoms with Crippen LogP contribution in [0.15, 0.2) is 95.8 Å². The van der Waals surface area contributed by atoms with Gasteiger partial charge >= 0.3 is 0 Å². The molecule has 0 atom stereocenters. The number of aromatic hydroxyl groups is 1. The molecule has 4 aromatic rings. The van der Waals surface area contributed by atoms with Crippen LogP contribution < -0.4 is 40.8 Å². The van der Waals surface area contributed by atoms with Gasteiger partial charge < -0.3 is 10.1 Å². The topological polar surface area (TPSA) is 155 Å². The summed E-state index contributed by atoms with van der Waals surface area (Å²) in [5.74, 6) is 0.171. The molecule has 3 N–H and O–H groups in total. The van der Waals surface area contributed by atoms with Crippen molar-refractivity contribution in [2.75, 3.05) is 0 Å². The molecule has 1 heterocycles. The molecule has 0 radical (unpaired) electrons. The molecule has 8 nitrogen and oxygen atoms in total. The van der Waals surface area contributed by atoms with Gasteiger partial charge in [0.05, 0.1) is 14.9 Å². The first-order chi connectivity index (χ1) is 15.6. The van der Waals surface area contributed by atoms with E-state index >= 15 is 0 Å². The van der Waals surface area contributed by atoms with Gasteiger partial charge in [-0.15, -0.1) is 0 Å². The van der Waals surface area contributed by atoms with Crippen LogP contribution in [0, 0.1) is 17.2 Å². The first kappa shape index (κ1) is 24.5. The highest BCUT2D eigenvalue weighted by molar-refractivity contribution is 8.01. The van der Waals surface area contributed by atoms with Crippen molar-refractivity contribution in [2.24, 2.45) is 0 Å². The highest BCUT2D eigenvalue weighted by Gasteiger charge is 2.52. The quantitative estimate of drug-likeness (QED) is 0.289. The number of hydrogen-bond acceptors (Lipinski definition) is 7. The van der Waals surface area contributed by atoms with Crippen LogP contribution in [0.3, 0.4) is 0 Å². The maximum Gasteiger partial charge on any atom is 0.298 e. The van der Waals surface area contributed by atoms with Gasteiger partial charge in [0.15, 0.2) is 7.26 Å². The van der Waals surface area contributed by atoms with Crippen molar-refractivity contribution in [3.05, 3.63) is 107 Å². The highest BCUT2D eigenvalue weighted by atomic mass is 35.7. The van der Waals surface area contributed by atoms with Crippen LogP contribution in [0.25, 0.3) is 0 Å². The molecule has 0 unspecified atom stereocenters. The lowest BCUT2D eigenvalue weighted by Crippen LogP contribution is -2.58. The summed E-state index contributed by atoms with van der Waals surface area (Å²) in [7, 11) is -7.35. The molecule has 0 aliphatic heterocycles. The fourth-order valence-corrected chi connectivity index (χ4v) is 7.89. The molecular formula is C23H21ClN2O6P+. The number of aryl methyl sites for hydroxylation is 1. The normalized spacial score (nSPS) is 11.4. The summed E-state index contributed by atoms with van der Waals surface area (Å²) >= 11 is 0. The number of nitrogens with one attached hydrogen (secondary N) is 1. The molecule has 4 rings (SSSR count). The summed E-state index contributed by atoms with van der Waals surface area (Å²) in [4.78, 5) is 20.2. The van der Waals surface area contributed by atoms with E-state index < -0.39 is 17.5 Å². The summed E-state index contributed by atoms with van der Waals surface area (Å²) in [5, 5.41) is 14.2. The third-order valence-corrected chi connectivity index (χ3v) is 9.05. The average molecular weight is 488 g/mol. The third-order valence-electron chi connectivity index (χ3n) is 4.76. The van der Waals surface area contributed by atoms with Gasteiger partial charge in [-0.25, -0.2) is 0 Å². The van der Waals surface area contributed by atoms with E-state index in [1.807, 2.05) is 91.0 Å². The van der Waals surface area contributed by atoms with Gasteiger partial charge in [0.1, 0.15) is 21.7 Å². The van der Waals surface area contributed by atoms with Crippen LogP contribution in [-0.2, 0) is 0 Å². The second kappa shape index (κ2) is 10.2. The van der Waals surface area contributed by atoms with Gasteiger partial charge in [-0.05, 0) is 43.3 Å². The Labute approximate surface area is 192 Å². The van der Waals surface area contributed by atoms with E-state index in [0.29, 0.717) is 11.1 Å². The minimum Gasteiger partial charge on any atom is -0.490 e. The largest absolute Gasteiger partial charge is 0.490 e. The summed E-state index contributed by atoms with van der Waals surface area (Å²) in [6, 6.07) is 29.7. The molecule has 0 bridgehead atoms. The molecule has 0 amide bonds. The number of nitrogens with zero attached hydrogens (tertiary/aromatic N) is 1. The van der Waals surface area contributed by atoms with Gasteiger partial charge in [-0.2, -0.15) is 19.0 Å². The summed E-state index contributed by atoms with van der Waals surface area (Å²) in [6.07, 6.45) is 0. The monoisotopic (exact) mass is 487 g/mol. The Kier molecular flexibility index (Phi) is 7.61. The van der Waals surface area contributed by atoms with E-state index in [9.17, 15) is 9.90 Å². The van der Waals surface area contributed by atoms with E-state index in [1.165, 1.54) is 0 Å². The number of H-pyrrole nitrogens is 1. The van der Waals surface area contributed by atoms with Gasteiger partial charge in [-0.1, -0.05) is 54.6 Å². The number of aromatic amines is 1. The first-order valence-corrected chi connectivity index (χ1v) is 12.7. The summed E-state index contributed by atoms with van der Waals surface area (Å²) < 4.78 is 32.7. The number of hydrogen-bond donors (Lipinski definition) is 3. The van der Waals surface area contributed by atoms with Crippen LogP contribution in [-0.4, -0.2) is 19.7 Å². The Hall–Kier alpha value is -3.10. The van der Waals surface area contributed by atoms with E-state index in [2.05, 4.69) is 9.97 Å². The molecule has 0 saturated carbocycles. The summed E-state index contributed by atoms with van der Waals surface area (Å²) in [6.45, 7) is 1.67. The minimum atomic E-state index is -4.69. The maximum absolute atomic E-state index is 13.2. The molecule has 0 spiro atoms.